The molecule has 1 N–H and O–H groups in total. The highest BCUT2D eigenvalue weighted by Gasteiger charge is 2.25. The van der Waals surface area contributed by atoms with E-state index >= 15 is 0 Å². The van der Waals surface area contributed by atoms with Crippen LogP contribution in [-0.2, 0) is 0 Å². The molecule has 126 valence electrons. The first-order chi connectivity index (χ1) is 12.2. The maximum absolute atomic E-state index is 12.3. The summed E-state index contributed by atoms with van der Waals surface area (Å²) in [5.74, 6) is 1.19. The molecule has 0 radical (unpaired) electrons. The van der Waals surface area contributed by atoms with Gasteiger partial charge in [0.25, 0.3) is 5.91 Å². The molecule has 6 heteroatoms. The van der Waals surface area contributed by atoms with Gasteiger partial charge in [-0.3, -0.25) is 9.78 Å². The number of benzene rings is 1. The Morgan fingerprint density at radius 3 is 2.80 bits per heavy atom. The van der Waals surface area contributed by atoms with Crippen LogP contribution in [0.2, 0.25) is 0 Å². The van der Waals surface area contributed by atoms with E-state index in [1.54, 1.807) is 12.1 Å². The van der Waals surface area contributed by atoms with Crippen LogP contribution < -0.4 is 5.32 Å². The zero-order valence-corrected chi connectivity index (χ0v) is 14.7. The van der Waals surface area contributed by atoms with Crippen LogP contribution in [0.4, 0.5) is 0 Å². The van der Waals surface area contributed by atoms with E-state index < -0.39 is 0 Å². The van der Waals surface area contributed by atoms with Crippen molar-refractivity contribution in [3.8, 4) is 11.4 Å². The Hall–Kier alpha value is -2.60. The lowest BCUT2D eigenvalue weighted by molar-refractivity contribution is 0.0940. The Morgan fingerprint density at radius 1 is 1.24 bits per heavy atom. The number of aromatic nitrogens is 3. The summed E-state index contributed by atoms with van der Waals surface area (Å²) in [6, 6.07) is 13.0. The van der Waals surface area contributed by atoms with Crippen molar-refractivity contribution in [2.45, 2.75) is 31.7 Å². The summed E-state index contributed by atoms with van der Waals surface area (Å²) < 4.78 is 4.46. The lowest BCUT2D eigenvalue weighted by Crippen LogP contribution is -2.26. The van der Waals surface area contributed by atoms with E-state index in [1.165, 1.54) is 24.4 Å². The second kappa shape index (κ2) is 6.72. The van der Waals surface area contributed by atoms with Gasteiger partial charge in [0.15, 0.2) is 5.82 Å². The SMILES string of the molecule is C[C@H](NC(=O)c1ccccc1)c1nc(-c2ccnc(C3CC3)c2)ns1. The first kappa shape index (κ1) is 15.9. The van der Waals surface area contributed by atoms with Crippen molar-refractivity contribution < 1.29 is 4.79 Å². The van der Waals surface area contributed by atoms with E-state index in [4.69, 9.17) is 0 Å². The molecular formula is C19H18N4OS. The molecule has 0 spiro atoms. The first-order valence-corrected chi connectivity index (χ1v) is 9.14. The highest BCUT2D eigenvalue weighted by molar-refractivity contribution is 7.05. The third-order valence-corrected chi connectivity index (χ3v) is 5.13. The minimum atomic E-state index is -0.191. The molecule has 4 rings (SSSR count). The van der Waals surface area contributed by atoms with Crippen LogP contribution in [0.15, 0.2) is 48.7 Å². The third kappa shape index (κ3) is 3.58. The van der Waals surface area contributed by atoms with Crippen molar-refractivity contribution in [2.75, 3.05) is 0 Å². The van der Waals surface area contributed by atoms with Gasteiger partial charge in [0.2, 0.25) is 0 Å². The first-order valence-electron chi connectivity index (χ1n) is 8.36. The Morgan fingerprint density at radius 2 is 2.04 bits per heavy atom. The number of amides is 1. The largest absolute Gasteiger partial charge is 0.343 e. The molecule has 0 bridgehead atoms. The molecule has 2 heterocycles. The summed E-state index contributed by atoms with van der Waals surface area (Å²) in [5, 5.41) is 3.77. The average Bonchev–Trinajstić information content (AvgIpc) is 3.39. The molecule has 0 unspecified atom stereocenters. The molecule has 1 amide bonds. The monoisotopic (exact) mass is 350 g/mol. The van der Waals surface area contributed by atoms with Crippen LogP contribution >= 0.6 is 11.5 Å². The van der Waals surface area contributed by atoms with E-state index in [9.17, 15) is 4.79 Å². The van der Waals surface area contributed by atoms with Crippen molar-refractivity contribution in [1.29, 1.82) is 0 Å². The zero-order valence-electron chi connectivity index (χ0n) is 13.8. The van der Waals surface area contributed by atoms with Crippen LogP contribution in [-0.4, -0.2) is 20.2 Å². The maximum atomic E-state index is 12.3. The summed E-state index contributed by atoms with van der Waals surface area (Å²) in [4.78, 5) is 21.3. The Bertz CT molecular complexity index is 889. The fraction of sp³-hybridized carbons (Fsp3) is 0.263. The van der Waals surface area contributed by atoms with Gasteiger partial charge in [-0.2, -0.15) is 4.37 Å². The zero-order chi connectivity index (χ0) is 17.2. The van der Waals surface area contributed by atoms with Crippen molar-refractivity contribution >= 4 is 17.4 Å². The summed E-state index contributed by atoms with van der Waals surface area (Å²) in [6.45, 7) is 1.92. The molecule has 1 saturated carbocycles. The lowest BCUT2D eigenvalue weighted by atomic mass is 10.1. The van der Waals surface area contributed by atoms with E-state index in [1.807, 2.05) is 37.4 Å². The molecule has 3 aromatic rings. The van der Waals surface area contributed by atoms with Gasteiger partial charge in [-0.25, -0.2) is 4.98 Å². The number of nitrogens with zero attached hydrogens (tertiary/aromatic N) is 3. The van der Waals surface area contributed by atoms with Crippen LogP contribution in [0.1, 0.15) is 52.8 Å². The van der Waals surface area contributed by atoms with Crippen molar-refractivity contribution in [3.05, 3.63) is 64.9 Å². The number of carbonyl (C=O) groups is 1. The summed E-state index contributed by atoms with van der Waals surface area (Å²) >= 11 is 1.32. The van der Waals surface area contributed by atoms with Gasteiger partial charge in [-0.15, -0.1) is 0 Å². The predicted molar refractivity (Wildman–Crippen MR) is 97.4 cm³/mol. The fourth-order valence-corrected chi connectivity index (χ4v) is 3.32. The van der Waals surface area contributed by atoms with E-state index in [2.05, 4.69) is 25.7 Å². The smallest absolute Gasteiger partial charge is 0.251 e. The number of rotatable bonds is 5. The predicted octanol–water partition coefficient (Wildman–Crippen LogP) is 3.97. The minimum Gasteiger partial charge on any atom is -0.343 e. The van der Waals surface area contributed by atoms with Crippen molar-refractivity contribution in [3.63, 3.8) is 0 Å². The highest BCUT2D eigenvalue weighted by atomic mass is 32.1. The van der Waals surface area contributed by atoms with Gasteiger partial charge in [0, 0.05) is 28.9 Å². The second-order valence-electron chi connectivity index (χ2n) is 6.26. The second-order valence-corrected chi connectivity index (χ2v) is 7.04. The molecule has 25 heavy (non-hydrogen) atoms. The van der Waals surface area contributed by atoms with Crippen LogP contribution in [0.5, 0.6) is 0 Å². The van der Waals surface area contributed by atoms with Gasteiger partial charge < -0.3 is 5.32 Å². The molecule has 0 saturated heterocycles. The molecule has 1 aromatic carbocycles. The molecule has 1 aliphatic rings. The number of hydrogen-bond donors (Lipinski definition) is 1. The Kier molecular flexibility index (Phi) is 4.28. The summed E-state index contributed by atoms with van der Waals surface area (Å²) in [7, 11) is 0. The van der Waals surface area contributed by atoms with Gasteiger partial charge >= 0.3 is 0 Å². The molecular weight excluding hydrogens is 332 g/mol. The number of pyridine rings is 1. The average molecular weight is 350 g/mol. The highest BCUT2D eigenvalue weighted by Crippen LogP contribution is 2.39. The number of nitrogens with one attached hydrogen (secondary N) is 1. The summed E-state index contributed by atoms with van der Waals surface area (Å²) in [5.41, 5.74) is 2.75. The van der Waals surface area contributed by atoms with Gasteiger partial charge in [0.05, 0.1) is 6.04 Å². The fourth-order valence-electron chi connectivity index (χ4n) is 2.65. The topological polar surface area (TPSA) is 67.8 Å². The maximum Gasteiger partial charge on any atom is 0.251 e. The molecule has 1 atom stereocenters. The van der Waals surface area contributed by atoms with Crippen LogP contribution in [0.25, 0.3) is 11.4 Å². The molecule has 2 aromatic heterocycles. The molecule has 1 aliphatic carbocycles. The van der Waals surface area contributed by atoms with Gasteiger partial charge in [-0.05, 0) is 55.6 Å². The van der Waals surface area contributed by atoms with Crippen molar-refractivity contribution in [1.82, 2.24) is 19.7 Å². The number of carbonyl (C=O) groups excluding carboxylic acids is 1. The van der Waals surface area contributed by atoms with E-state index in [0.29, 0.717) is 17.3 Å². The standard InChI is InChI=1S/C19H18N4OS/c1-12(21-18(24)14-5-3-2-4-6-14)19-22-17(23-25-19)15-9-10-20-16(11-15)13-7-8-13/h2-6,9-13H,7-8H2,1H3,(H,21,24)/t12-/m0/s1. The van der Waals surface area contributed by atoms with Gasteiger partial charge in [-0.1, -0.05) is 18.2 Å². The Balaban J connectivity index is 1.49. The van der Waals surface area contributed by atoms with E-state index in [-0.39, 0.29) is 11.9 Å². The molecule has 0 aliphatic heterocycles. The normalized spacial score (nSPS) is 14.9. The molecule has 5 nitrogen and oxygen atoms in total. The summed E-state index contributed by atoms with van der Waals surface area (Å²) in [6.07, 6.45) is 4.26. The lowest BCUT2D eigenvalue weighted by Gasteiger charge is -2.10. The Labute approximate surface area is 150 Å². The molecule has 1 fully saturated rings. The van der Waals surface area contributed by atoms with E-state index in [0.717, 1.165) is 16.3 Å². The number of hydrogen-bond acceptors (Lipinski definition) is 5. The van der Waals surface area contributed by atoms with Crippen molar-refractivity contribution in [2.24, 2.45) is 0 Å². The third-order valence-electron chi connectivity index (χ3n) is 4.23. The minimum absolute atomic E-state index is 0.107. The van der Waals surface area contributed by atoms with Crippen LogP contribution in [0, 0.1) is 0 Å². The van der Waals surface area contributed by atoms with Crippen LogP contribution in [0.3, 0.4) is 0 Å². The quantitative estimate of drug-likeness (QED) is 0.756. The van der Waals surface area contributed by atoms with Gasteiger partial charge in [0.1, 0.15) is 5.01 Å².